The first-order valence-corrected chi connectivity index (χ1v) is 9.09. The molecule has 0 aliphatic carbocycles. The van der Waals surface area contributed by atoms with Gasteiger partial charge in [-0.3, -0.25) is 4.90 Å². The Morgan fingerprint density at radius 2 is 1.77 bits per heavy atom. The minimum absolute atomic E-state index is 0.617. The number of benzene rings is 2. The summed E-state index contributed by atoms with van der Waals surface area (Å²) in [4.78, 5) is 2.22. The molecule has 2 aromatic carbocycles. The normalized spacial score (nSPS) is 11.1. The first kappa shape index (κ1) is 19.8. The predicted octanol–water partition coefficient (Wildman–Crippen LogP) is 3.64. The molecule has 1 N–H and O–H groups in total. The summed E-state index contributed by atoms with van der Waals surface area (Å²) >= 11 is 0. The third kappa shape index (κ3) is 7.57. The van der Waals surface area contributed by atoms with Crippen molar-refractivity contribution in [3.8, 4) is 11.8 Å². The minimum Gasteiger partial charge on any atom is -0.383 e. The van der Waals surface area contributed by atoms with Crippen LogP contribution in [0.5, 0.6) is 0 Å². The molecule has 0 aromatic heterocycles. The quantitative estimate of drug-likeness (QED) is 0.553. The van der Waals surface area contributed by atoms with Gasteiger partial charge in [0.05, 0.1) is 13.2 Å². The Hall–Kier alpha value is -2.54. The molecule has 2 rings (SSSR count). The van der Waals surface area contributed by atoms with Gasteiger partial charge in [-0.05, 0) is 37.7 Å². The Morgan fingerprint density at radius 1 is 1.08 bits per heavy atom. The van der Waals surface area contributed by atoms with Gasteiger partial charge >= 0.3 is 0 Å². The van der Waals surface area contributed by atoms with Crippen molar-refractivity contribution in [3.63, 3.8) is 0 Å². The van der Waals surface area contributed by atoms with E-state index in [0.717, 1.165) is 37.5 Å². The summed E-state index contributed by atoms with van der Waals surface area (Å²) in [5.41, 5.74) is 3.35. The third-order valence-corrected chi connectivity index (χ3v) is 3.86. The number of hydrogen-bond acceptors (Lipinski definition) is 3. The van der Waals surface area contributed by atoms with E-state index in [1.807, 2.05) is 43.3 Å². The lowest BCUT2D eigenvalue weighted by atomic mass is 10.1. The van der Waals surface area contributed by atoms with Crippen molar-refractivity contribution in [2.75, 3.05) is 39.9 Å². The van der Waals surface area contributed by atoms with Gasteiger partial charge in [-0.2, -0.15) is 0 Å². The van der Waals surface area contributed by atoms with Crippen LogP contribution in [0.15, 0.2) is 66.7 Å². The fourth-order valence-electron chi connectivity index (χ4n) is 2.43. The monoisotopic (exact) mass is 348 g/mol. The molecule has 0 unspecified atom stereocenters. The molecule has 3 heteroatoms. The second-order valence-electron chi connectivity index (χ2n) is 5.98. The molecule has 0 heterocycles. The van der Waals surface area contributed by atoms with E-state index in [1.165, 1.54) is 5.56 Å². The van der Waals surface area contributed by atoms with Gasteiger partial charge in [0.15, 0.2) is 0 Å². The van der Waals surface area contributed by atoms with Crippen LogP contribution in [0.4, 0.5) is 0 Å². The fourth-order valence-corrected chi connectivity index (χ4v) is 2.43. The van der Waals surface area contributed by atoms with Crippen LogP contribution in [-0.2, 0) is 4.74 Å². The Balaban J connectivity index is 1.81. The smallest absolute Gasteiger partial charge is 0.0670 e. The van der Waals surface area contributed by atoms with Crippen molar-refractivity contribution in [1.82, 2.24) is 10.2 Å². The summed E-state index contributed by atoms with van der Waals surface area (Å²) in [5.74, 6) is 6.42. The van der Waals surface area contributed by atoms with Crippen LogP contribution in [0.2, 0.25) is 0 Å². The summed E-state index contributed by atoms with van der Waals surface area (Å²) in [6.45, 7) is 5.88. The van der Waals surface area contributed by atoms with Crippen molar-refractivity contribution in [2.24, 2.45) is 0 Å². The van der Waals surface area contributed by atoms with Crippen molar-refractivity contribution in [2.45, 2.75) is 6.92 Å². The molecule has 0 aliphatic heterocycles. The van der Waals surface area contributed by atoms with E-state index in [0.29, 0.717) is 6.61 Å². The van der Waals surface area contributed by atoms with Gasteiger partial charge in [0, 0.05) is 31.0 Å². The minimum atomic E-state index is 0.617. The topological polar surface area (TPSA) is 24.5 Å². The lowest BCUT2D eigenvalue weighted by Crippen LogP contribution is -2.29. The maximum absolute atomic E-state index is 5.46. The molecule has 0 spiro atoms. The summed E-state index contributed by atoms with van der Waals surface area (Å²) in [7, 11) is 2.09. The van der Waals surface area contributed by atoms with Crippen LogP contribution in [0, 0.1) is 11.8 Å². The number of nitrogens with one attached hydrogen (secondary N) is 1. The van der Waals surface area contributed by atoms with Gasteiger partial charge in [-0.15, -0.1) is 0 Å². The van der Waals surface area contributed by atoms with Gasteiger partial charge in [0.2, 0.25) is 0 Å². The van der Waals surface area contributed by atoms with Crippen molar-refractivity contribution >= 4 is 5.70 Å². The number of likely N-dealkylation sites (N-methyl/N-ethyl adjacent to an activating group) is 1. The number of rotatable bonds is 9. The molecule has 0 atom stereocenters. The Bertz CT molecular complexity index is 714. The van der Waals surface area contributed by atoms with Crippen LogP contribution in [0.25, 0.3) is 5.70 Å². The third-order valence-electron chi connectivity index (χ3n) is 3.86. The molecule has 0 aliphatic rings. The van der Waals surface area contributed by atoms with Gasteiger partial charge in [-0.1, -0.05) is 60.4 Å². The molecule has 0 saturated carbocycles. The SMILES string of the molecule is CCOC/C=C(/NCCN(C)CC#Cc1ccccc1)c1ccccc1. The highest BCUT2D eigenvalue weighted by molar-refractivity contribution is 5.63. The van der Waals surface area contributed by atoms with Crippen molar-refractivity contribution in [3.05, 3.63) is 77.9 Å². The molecule has 0 fully saturated rings. The molecule has 0 amide bonds. The Morgan fingerprint density at radius 3 is 2.46 bits per heavy atom. The van der Waals surface area contributed by atoms with E-state index in [2.05, 4.69) is 59.4 Å². The summed E-state index contributed by atoms with van der Waals surface area (Å²) in [6.07, 6.45) is 2.11. The largest absolute Gasteiger partial charge is 0.383 e. The molecule has 26 heavy (non-hydrogen) atoms. The van der Waals surface area contributed by atoms with Gasteiger partial charge < -0.3 is 10.1 Å². The van der Waals surface area contributed by atoms with Crippen LogP contribution in [-0.4, -0.2) is 44.8 Å². The van der Waals surface area contributed by atoms with Gasteiger partial charge in [0.1, 0.15) is 0 Å². The average Bonchev–Trinajstić information content (AvgIpc) is 2.68. The zero-order valence-corrected chi connectivity index (χ0v) is 15.7. The Labute approximate surface area is 157 Å². The number of ether oxygens (including phenoxy) is 1. The molecule has 0 saturated heterocycles. The highest BCUT2D eigenvalue weighted by atomic mass is 16.5. The van der Waals surface area contributed by atoms with E-state index >= 15 is 0 Å². The zero-order valence-electron chi connectivity index (χ0n) is 15.7. The maximum Gasteiger partial charge on any atom is 0.0670 e. The standard InChI is InChI=1S/C23H28N2O/c1-3-26-20-16-23(22-14-8-5-9-15-22)24-17-19-25(2)18-10-13-21-11-6-4-7-12-21/h4-9,11-12,14-16,24H,3,17-20H2,1-2H3/b23-16+. The summed E-state index contributed by atoms with van der Waals surface area (Å²) in [6, 6.07) is 20.4. The number of nitrogens with zero attached hydrogens (tertiary/aromatic N) is 1. The number of hydrogen-bond donors (Lipinski definition) is 1. The average molecular weight is 348 g/mol. The second kappa shape index (κ2) is 11.9. The highest BCUT2D eigenvalue weighted by Gasteiger charge is 2.01. The lowest BCUT2D eigenvalue weighted by molar-refractivity contribution is 0.177. The van der Waals surface area contributed by atoms with Gasteiger partial charge in [-0.25, -0.2) is 0 Å². The molecule has 0 bridgehead atoms. The van der Waals surface area contributed by atoms with E-state index in [-0.39, 0.29) is 0 Å². The fraction of sp³-hybridized carbons (Fsp3) is 0.304. The molecular formula is C23H28N2O. The van der Waals surface area contributed by atoms with Crippen LogP contribution in [0.1, 0.15) is 18.1 Å². The molecular weight excluding hydrogens is 320 g/mol. The lowest BCUT2D eigenvalue weighted by Gasteiger charge is -2.16. The summed E-state index contributed by atoms with van der Waals surface area (Å²) < 4.78 is 5.46. The highest BCUT2D eigenvalue weighted by Crippen LogP contribution is 2.10. The van der Waals surface area contributed by atoms with Crippen LogP contribution >= 0.6 is 0 Å². The van der Waals surface area contributed by atoms with E-state index < -0.39 is 0 Å². The molecule has 2 aromatic rings. The van der Waals surface area contributed by atoms with Crippen molar-refractivity contribution < 1.29 is 4.74 Å². The predicted molar refractivity (Wildman–Crippen MR) is 110 cm³/mol. The molecule has 3 nitrogen and oxygen atoms in total. The Kier molecular flexibility index (Phi) is 9.07. The van der Waals surface area contributed by atoms with Crippen molar-refractivity contribution in [1.29, 1.82) is 0 Å². The van der Waals surface area contributed by atoms with Crippen LogP contribution in [0.3, 0.4) is 0 Å². The maximum atomic E-state index is 5.46. The zero-order chi connectivity index (χ0) is 18.5. The first-order valence-electron chi connectivity index (χ1n) is 9.09. The molecule has 0 radical (unpaired) electrons. The first-order chi connectivity index (χ1) is 12.8. The van der Waals surface area contributed by atoms with E-state index in [1.54, 1.807) is 0 Å². The van der Waals surface area contributed by atoms with E-state index in [9.17, 15) is 0 Å². The molecule has 136 valence electrons. The second-order valence-corrected chi connectivity index (χ2v) is 5.98. The van der Waals surface area contributed by atoms with Crippen LogP contribution < -0.4 is 5.32 Å². The summed E-state index contributed by atoms with van der Waals surface area (Å²) in [5, 5.41) is 3.53. The van der Waals surface area contributed by atoms with Gasteiger partial charge in [0.25, 0.3) is 0 Å². The van der Waals surface area contributed by atoms with E-state index in [4.69, 9.17) is 4.74 Å².